The van der Waals surface area contributed by atoms with Crippen molar-refractivity contribution in [1.82, 2.24) is 0 Å². The molecule has 12 heavy (non-hydrogen) atoms. The van der Waals surface area contributed by atoms with Gasteiger partial charge in [-0.05, 0) is 23.8 Å². The summed E-state index contributed by atoms with van der Waals surface area (Å²) >= 11 is 5.75. The summed E-state index contributed by atoms with van der Waals surface area (Å²) in [5, 5.41) is 0.562. The molecule has 0 aliphatic heterocycles. The van der Waals surface area contributed by atoms with Gasteiger partial charge in [0, 0.05) is 17.7 Å². The molecule has 0 fully saturated rings. The van der Waals surface area contributed by atoms with Crippen LogP contribution >= 0.6 is 11.6 Å². The van der Waals surface area contributed by atoms with Crippen molar-refractivity contribution in [2.45, 2.75) is 6.61 Å². The lowest BCUT2D eigenvalue weighted by Crippen LogP contribution is -1.89. The maximum absolute atomic E-state index is 10.4. The second kappa shape index (κ2) is 4.24. The van der Waals surface area contributed by atoms with E-state index in [9.17, 15) is 4.79 Å². The fourth-order valence-electron chi connectivity index (χ4n) is 0.993. The number of carbonyl (C=O) groups is 1. The predicted octanol–water partition coefficient (Wildman–Crippen LogP) is 2.30. The number of hydrogen-bond donors (Lipinski definition) is 0. The van der Waals surface area contributed by atoms with Gasteiger partial charge in [0.15, 0.2) is 0 Å². The molecule has 0 unspecified atom stereocenters. The zero-order chi connectivity index (χ0) is 8.97. The highest BCUT2D eigenvalue weighted by Gasteiger charge is 1.97. The Hall–Kier alpha value is -0.860. The van der Waals surface area contributed by atoms with E-state index in [0.717, 1.165) is 11.8 Å². The highest BCUT2D eigenvalue weighted by atomic mass is 35.5. The van der Waals surface area contributed by atoms with Gasteiger partial charge in [0.1, 0.15) is 6.29 Å². The summed E-state index contributed by atoms with van der Waals surface area (Å²) in [6.07, 6.45) is 0.769. The van der Waals surface area contributed by atoms with Gasteiger partial charge in [-0.1, -0.05) is 11.6 Å². The highest BCUT2D eigenvalue weighted by molar-refractivity contribution is 6.30. The molecule has 3 heteroatoms. The third kappa shape index (κ3) is 2.32. The molecular weight excluding hydrogens is 176 g/mol. The average Bonchev–Trinajstić information content (AvgIpc) is 2.04. The van der Waals surface area contributed by atoms with Gasteiger partial charge < -0.3 is 4.74 Å². The molecule has 0 aromatic heterocycles. The van der Waals surface area contributed by atoms with Gasteiger partial charge >= 0.3 is 0 Å². The van der Waals surface area contributed by atoms with Crippen molar-refractivity contribution in [2.24, 2.45) is 0 Å². The molecule has 0 N–H and O–H groups in total. The summed E-state index contributed by atoms with van der Waals surface area (Å²) in [5.74, 6) is 0. The fraction of sp³-hybridized carbons (Fsp3) is 0.222. The number of carbonyl (C=O) groups excluding carboxylic acids is 1. The third-order valence-electron chi connectivity index (χ3n) is 1.43. The molecule has 0 aliphatic rings. The van der Waals surface area contributed by atoms with Crippen molar-refractivity contribution in [3.05, 3.63) is 34.3 Å². The Kier molecular flexibility index (Phi) is 3.26. The summed E-state index contributed by atoms with van der Waals surface area (Å²) < 4.78 is 4.91. The van der Waals surface area contributed by atoms with E-state index in [-0.39, 0.29) is 0 Å². The number of hydrogen-bond acceptors (Lipinski definition) is 2. The number of rotatable bonds is 3. The van der Waals surface area contributed by atoms with Crippen molar-refractivity contribution >= 4 is 17.9 Å². The van der Waals surface area contributed by atoms with Gasteiger partial charge in [0.05, 0.1) is 6.61 Å². The van der Waals surface area contributed by atoms with Crippen molar-refractivity contribution in [3.8, 4) is 0 Å². The minimum atomic E-state index is 0.474. The van der Waals surface area contributed by atoms with Crippen LogP contribution in [0.4, 0.5) is 0 Å². The van der Waals surface area contributed by atoms with Crippen LogP contribution in [0.5, 0.6) is 0 Å². The molecule has 0 amide bonds. The Balaban J connectivity index is 2.97. The molecule has 2 nitrogen and oxygen atoms in total. The van der Waals surface area contributed by atoms with Crippen molar-refractivity contribution in [1.29, 1.82) is 0 Å². The molecule has 0 spiro atoms. The van der Waals surface area contributed by atoms with E-state index in [2.05, 4.69) is 0 Å². The smallest absolute Gasteiger partial charge is 0.150 e. The van der Waals surface area contributed by atoms with Crippen LogP contribution in [0.25, 0.3) is 0 Å². The predicted molar refractivity (Wildman–Crippen MR) is 47.6 cm³/mol. The number of benzene rings is 1. The SMILES string of the molecule is COCc1cc(Cl)cc(C=O)c1. The van der Waals surface area contributed by atoms with Crippen molar-refractivity contribution < 1.29 is 9.53 Å². The summed E-state index contributed by atoms with van der Waals surface area (Å²) in [7, 11) is 1.60. The zero-order valence-electron chi connectivity index (χ0n) is 6.71. The normalized spacial score (nSPS) is 9.83. The van der Waals surface area contributed by atoms with Crippen LogP contribution in [0.15, 0.2) is 18.2 Å². The summed E-state index contributed by atoms with van der Waals surface area (Å²) in [6, 6.07) is 5.15. The first-order chi connectivity index (χ1) is 5.76. The Morgan fingerprint density at radius 3 is 2.83 bits per heavy atom. The van der Waals surface area contributed by atoms with E-state index in [0.29, 0.717) is 17.2 Å². The van der Waals surface area contributed by atoms with Crippen molar-refractivity contribution in [2.75, 3.05) is 7.11 Å². The topological polar surface area (TPSA) is 26.3 Å². The van der Waals surface area contributed by atoms with Gasteiger partial charge in [-0.3, -0.25) is 4.79 Å². The molecule has 0 aliphatic carbocycles. The maximum atomic E-state index is 10.4. The summed E-state index contributed by atoms with van der Waals surface area (Å²) in [4.78, 5) is 10.4. The van der Waals surface area contributed by atoms with Crippen LogP contribution in [0.2, 0.25) is 5.02 Å². The Bertz CT molecular complexity index is 284. The van der Waals surface area contributed by atoms with Crippen LogP contribution in [-0.2, 0) is 11.3 Å². The first-order valence-corrected chi connectivity index (χ1v) is 3.87. The van der Waals surface area contributed by atoms with E-state index in [4.69, 9.17) is 16.3 Å². The molecule has 1 rings (SSSR count). The lowest BCUT2D eigenvalue weighted by atomic mass is 10.1. The van der Waals surface area contributed by atoms with E-state index >= 15 is 0 Å². The van der Waals surface area contributed by atoms with Crippen LogP contribution in [-0.4, -0.2) is 13.4 Å². The summed E-state index contributed by atoms with van der Waals surface area (Å²) in [5.41, 5.74) is 1.49. The largest absolute Gasteiger partial charge is 0.380 e. The molecule has 1 aromatic carbocycles. The number of halogens is 1. The van der Waals surface area contributed by atoms with Gasteiger partial charge in [-0.25, -0.2) is 0 Å². The Labute approximate surface area is 76.1 Å². The van der Waals surface area contributed by atoms with Crippen LogP contribution in [0.3, 0.4) is 0 Å². The zero-order valence-corrected chi connectivity index (χ0v) is 7.47. The Morgan fingerprint density at radius 2 is 2.25 bits per heavy atom. The molecule has 1 aromatic rings. The maximum Gasteiger partial charge on any atom is 0.150 e. The van der Waals surface area contributed by atoms with Crippen LogP contribution in [0.1, 0.15) is 15.9 Å². The van der Waals surface area contributed by atoms with Gasteiger partial charge in [-0.15, -0.1) is 0 Å². The third-order valence-corrected chi connectivity index (χ3v) is 1.65. The van der Waals surface area contributed by atoms with Gasteiger partial charge in [-0.2, -0.15) is 0 Å². The first-order valence-electron chi connectivity index (χ1n) is 3.50. The van der Waals surface area contributed by atoms with E-state index < -0.39 is 0 Å². The first kappa shape index (κ1) is 9.23. The molecule has 0 bridgehead atoms. The average molecular weight is 185 g/mol. The molecule has 64 valence electrons. The molecule has 0 saturated heterocycles. The van der Waals surface area contributed by atoms with Crippen LogP contribution < -0.4 is 0 Å². The van der Waals surface area contributed by atoms with Gasteiger partial charge in [0.2, 0.25) is 0 Å². The lowest BCUT2D eigenvalue weighted by Gasteiger charge is -2.00. The second-order valence-corrected chi connectivity index (χ2v) is 2.88. The molecule has 0 atom stereocenters. The van der Waals surface area contributed by atoms with Gasteiger partial charge in [0.25, 0.3) is 0 Å². The second-order valence-electron chi connectivity index (χ2n) is 2.44. The minimum absolute atomic E-state index is 0.474. The standard InChI is InChI=1S/C9H9ClO2/c1-12-6-8-2-7(5-11)3-9(10)4-8/h2-5H,6H2,1H3. The molecule has 0 heterocycles. The molecule has 0 saturated carbocycles. The van der Waals surface area contributed by atoms with E-state index in [1.165, 1.54) is 0 Å². The number of aldehydes is 1. The minimum Gasteiger partial charge on any atom is -0.380 e. The van der Waals surface area contributed by atoms with Crippen LogP contribution in [0, 0.1) is 0 Å². The van der Waals surface area contributed by atoms with Crippen molar-refractivity contribution in [3.63, 3.8) is 0 Å². The quantitative estimate of drug-likeness (QED) is 0.674. The Morgan fingerprint density at radius 1 is 1.50 bits per heavy atom. The summed E-state index contributed by atoms with van der Waals surface area (Å²) in [6.45, 7) is 0.474. The fourth-order valence-corrected chi connectivity index (χ4v) is 1.26. The lowest BCUT2D eigenvalue weighted by molar-refractivity contribution is 0.112. The van der Waals surface area contributed by atoms with E-state index in [1.54, 1.807) is 25.3 Å². The molecule has 0 radical (unpaired) electrons. The molecular formula is C9H9ClO2. The van der Waals surface area contributed by atoms with E-state index in [1.807, 2.05) is 0 Å². The highest BCUT2D eigenvalue weighted by Crippen LogP contribution is 2.14. The monoisotopic (exact) mass is 184 g/mol. The number of ether oxygens (including phenoxy) is 1. The number of methoxy groups -OCH3 is 1.